The van der Waals surface area contributed by atoms with Gasteiger partial charge in [0.1, 0.15) is 0 Å². The highest BCUT2D eigenvalue weighted by molar-refractivity contribution is 6.00. The van der Waals surface area contributed by atoms with Gasteiger partial charge in [-0.15, -0.1) is 0 Å². The standard InChI is InChI=1S/C22H26N2O4/c1-22(2,3)21(27)23-17-11-9-15(10-12-17)19(25)14-28-20(26)16-7-6-8-18(13-16)24(4)5/h6-13H,14H2,1-5H3,(H,23,27). The van der Waals surface area contributed by atoms with Gasteiger partial charge in [0.25, 0.3) is 0 Å². The number of nitrogens with one attached hydrogen (secondary N) is 1. The molecule has 0 unspecified atom stereocenters. The van der Waals surface area contributed by atoms with Gasteiger partial charge in [0.2, 0.25) is 5.91 Å². The van der Waals surface area contributed by atoms with Gasteiger partial charge in [0.15, 0.2) is 12.4 Å². The number of hydrogen-bond acceptors (Lipinski definition) is 5. The maximum absolute atomic E-state index is 12.3. The molecule has 148 valence electrons. The van der Waals surface area contributed by atoms with Crippen LogP contribution in [-0.2, 0) is 9.53 Å². The molecule has 2 rings (SSSR count). The van der Waals surface area contributed by atoms with Crippen LogP contribution in [0.5, 0.6) is 0 Å². The molecule has 0 aliphatic heterocycles. The van der Waals surface area contributed by atoms with Crippen molar-refractivity contribution in [1.29, 1.82) is 0 Å². The second-order valence-corrected chi connectivity index (χ2v) is 7.73. The number of esters is 1. The van der Waals surface area contributed by atoms with Gasteiger partial charge in [-0.3, -0.25) is 9.59 Å². The van der Waals surface area contributed by atoms with Crippen LogP contribution in [-0.4, -0.2) is 38.4 Å². The van der Waals surface area contributed by atoms with Gasteiger partial charge in [-0.2, -0.15) is 0 Å². The zero-order valence-corrected chi connectivity index (χ0v) is 16.9. The van der Waals surface area contributed by atoms with Gasteiger partial charge in [-0.1, -0.05) is 26.8 Å². The van der Waals surface area contributed by atoms with Gasteiger partial charge >= 0.3 is 5.97 Å². The van der Waals surface area contributed by atoms with E-state index in [4.69, 9.17) is 4.74 Å². The molecule has 1 amide bonds. The zero-order chi connectivity index (χ0) is 20.9. The monoisotopic (exact) mass is 382 g/mol. The summed E-state index contributed by atoms with van der Waals surface area (Å²) in [7, 11) is 3.75. The lowest BCUT2D eigenvalue weighted by Gasteiger charge is -2.17. The van der Waals surface area contributed by atoms with E-state index in [0.29, 0.717) is 16.8 Å². The van der Waals surface area contributed by atoms with Crippen LogP contribution in [0.15, 0.2) is 48.5 Å². The summed E-state index contributed by atoms with van der Waals surface area (Å²) in [6.07, 6.45) is 0. The lowest BCUT2D eigenvalue weighted by molar-refractivity contribution is -0.123. The van der Waals surface area contributed by atoms with E-state index in [9.17, 15) is 14.4 Å². The Kier molecular flexibility index (Phi) is 6.57. The average molecular weight is 382 g/mol. The summed E-state index contributed by atoms with van der Waals surface area (Å²) in [5.41, 5.74) is 1.76. The number of benzene rings is 2. The third-order valence-electron chi connectivity index (χ3n) is 4.08. The number of ketones is 1. The van der Waals surface area contributed by atoms with E-state index in [1.54, 1.807) is 42.5 Å². The van der Waals surface area contributed by atoms with E-state index in [1.807, 2.05) is 45.8 Å². The Bertz CT molecular complexity index is 865. The van der Waals surface area contributed by atoms with E-state index >= 15 is 0 Å². The molecule has 6 heteroatoms. The number of anilines is 2. The number of carbonyl (C=O) groups is 3. The highest BCUT2D eigenvalue weighted by Gasteiger charge is 2.21. The molecule has 0 aliphatic rings. The van der Waals surface area contributed by atoms with Crippen molar-refractivity contribution in [3.8, 4) is 0 Å². The Morgan fingerprint density at radius 1 is 0.964 bits per heavy atom. The van der Waals surface area contributed by atoms with E-state index in [1.165, 1.54) is 0 Å². The topological polar surface area (TPSA) is 75.7 Å². The second kappa shape index (κ2) is 8.69. The summed E-state index contributed by atoms with van der Waals surface area (Å²) in [4.78, 5) is 38.3. The molecule has 0 fully saturated rings. The number of rotatable bonds is 6. The summed E-state index contributed by atoms with van der Waals surface area (Å²) >= 11 is 0. The molecule has 0 saturated carbocycles. The van der Waals surface area contributed by atoms with Crippen LogP contribution >= 0.6 is 0 Å². The quantitative estimate of drug-likeness (QED) is 0.608. The predicted molar refractivity (Wildman–Crippen MR) is 110 cm³/mol. The van der Waals surface area contributed by atoms with Crippen molar-refractivity contribution < 1.29 is 19.1 Å². The van der Waals surface area contributed by atoms with Crippen molar-refractivity contribution in [1.82, 2.24) is 0 Å². The number of hydrogen-bond donors (Lipinski definition) is 1. The smallest absolute Gasteiger partial charge is 0.338 e. The number of ether oxygens (including phenoxy) is 1. The second-order valence-electron chi connectivity index (χ2n) is 7.73. The van der Waals surface area contributed by atoms with E-state index in [-0.39, 0.29) is 18.3 Å². The van der Waals surface area contributed by atoms with Crippen LogP contribution in [0.3, 0.4) is 0 Å². The van der Waals surface area contributed by atoms with Crippen molar-refractivity contribution >= 4 is 29.0 Å². The van der Waals surface area contributed by atoms with Crippen molar-refractivity contribution in [2.24, 2.45) is 5.41 Å². The number of carbonyl (C=O) groups excluding carboxylic acids is 3. The van der Waals surface area contributed by atoms with Gasteiger partial charge in [0.05, 0.1) is 5.56 Å². The molecular formula is C22H26N2O4. The molecular weight excluding hydrogens is 356 g/mol. The summed E-state index contributed by atoms with van der Waals surface area (Å²) in [6.45, 7) is 5.12. The Labute approximate surface area is 165 Å². The van der Waals surface area contributed by atoms with Crippen LogP contribution in [0.1, 0.15) is 41.5 Å². The first-order valence-electron chi connectivity index (χ1n) is 8.97. The van der Waals surface area contributed by atoms with E-state index in [2.05, 4.69) is 5.32 Å². The third-order valence-corrected chi connectivity index (χ3v) is 4.08. The van der Waals surface area contributed by atoms with Crippen LogP contribution in [0.2, 0.25) is 0 Å². The SMILES string of the molecule is CN(C)c1cccc(C(=O)OCC(=O)c2ccc(NC(=O)C(C)(C)C)cc2)c1. The maximum Gasteiger partial charge on any atom is 0.338 e. The first-order valence-corrected chi connectivity index (χ1v) is 8.97. The molecule has 0 aliphatic carbocycles. The molecule has 0 saturated heterocycles. The predicted octanol–water partition coefficient (Wildman–Crippen LogP) is 3.78. The molecule has 6 nitrogen and oxygen atoms in total. The molecule has 0 radical (unpaired) electrons. The molecule has 0 atom stereocenters. The van der Waals surface area contributed by atoms with Gasteiger partial charge in [0, 0.05) is 36.4 Å². The fourth-order valence-electron chi connectivity index (χ4n) is 2.27. The van der Waals surface area contributed by atoms with Crippen molar-refractivity contribution in [2.45, 2.75) is 20.8 Å². The fourth-order valence-corrected chi connectivity index (χ4v) is 2.27. The molecule has 2 aromatic rings. The molecule has 0 aromatic heterocycles. The minimum absolute atomic E-state index is 0.111. The number of nitrogens with zero attached hydrogens (tertiary/aromatic N) is 1. The normalized spacial score (nSPS) is 10.9. The van der Waals surface area contributed by atoms with Crippen molar-refractivity contribution in [3.63, 3.8) is 0 Å². The Balaban J connectivity index is 1.95. The van der Waals surface area contributed by atoms with E-state index < -0.39 is 11.4 Å². The zero-order valence-electron chi connectivity index (χ0n) is 16.9. The number of Topliss-reactive ketones (excluding diaryl/α,β-unsaturated/α-hetero) is 1. The van der Waals surface area contributed by atoms with Crippen LogP contribution < -0.4 is 10.2 Å². The van der Waals surface area contributed by atoms with Gasteiger partial charge < -0.3 is 15.0 Å². The largest absolute Gasteiger partial charge is 0.454 e. The minimum atomic E-state index is -0.550. The highest BCUT2D eigenvalue weighted by atomic mass is 16.5. The van der Waals surface area contributed by atoms with Crippen molar-refractivity contribution in [2.75, 3.05) is 30.9 Å². The Morgan fingerprint density at radius 2 is 1.61 bits per heavy atom. The van der Waals surface area contributed by atoms with Crippen LogP contribution in [0.25, 0.3) is 0 Å². The summed E-state index contributed by atoms with van der Waals surface area (Å²) in [6, 6.07) is 13.5. The molecule has 1 N–H and O–H groups in total. The molecule has 0 heterocycles. The summed E-state index contributed by atoms with van der Waals surface area (Å²) in [5, 5.41) is 2.79. The molecule has 28 heavy (non-hydrogen) atoms. The average Bonchev–Trinajstić information content (AvgIpc) is 2.65. The molecule has 0 spiro atoms. The fraction of sp³-hybridized carbons (Fsp3) is 0.318. The maximum atomic E-state index is 12.3. The van der Waals surface area contributed by atoms with Crippen LogP contribution in [0.4, 0.5) is 11.4 Å². The lowest BCUT2D eigenvalue weighted by atomic mass is 9.95. The first-order chi connectivity index (χ1) is 13.1. The van der Waals surface area contributed by atoms with Gasteiger partial charge in [-0.05, 0) is 42.5 Å². The first kappa shape index (κ1) is 21.2. The molecule has 2 aromatic carbocycles. The summed E-state index contributed by atoms with van der Waals surface area (Å²) < 4.78 is 5.14. The van der Waals surface area contributed by atoms with Crippen LogP contribution in [0, 0.1) is 5.41 Å². The van der Waals surface area contributed by atoms with Gasteiger partial charge in [-0.25, -0.2) is 4.79 Å². The minimum Gasteiger partial charge on any atom is -0.454 e. The number of amides is 1. The Hall–Kier alpha value is -3.15. The lowest BCUT2D eigenvalue weighted by Crippen LogP contribution is -2.27. The molecule has 0 bridgehead atoms. The highest BCUT2D eigenvalue weighted by Crippen LogP contribution is 2.18. The third kappa shape index (κ3) is 5.67. The summed E-state index contributed by atoms with van der Waals surface area (Å²) in [5.74, 6) is -0.975. The Morgan fingerprint density at radius 3 is 2.18 bits per heavy atom. The van der Waals surface area contributed by atoms with E-state index in [0.717, 1.165) is 5.69 Å². The van der Waals surface area contributed by atoms with Crippen molar-refractivity contribution in [3.05, 3.63) is 59.7 Å².